The van der Waals surface area contributed by atoms with Crippen LogP contribution in [0.5, 0.6) is 0 Å². The van der Waals surface area contributed by atoms with E-state index in [1.807, 2.05) is 0 Å². The molecule has 5 aromatic rings. The van der Waals surface area contributed by atoms with Crippen molar-refractivity contribution in [3.8, 4) is 16.8 Å². The third-order valence-electron chi connectivity index (χ3n) is 5.89. The van der Waals surface area contributed by atoms with Crippen molar-refractivity contribution in [3.63, 3.8) is 0 Å². The van der Waals surface area contributed by atoms with Crippen molar-refractivity contribution in [2.24, 2.45) is 0 Å². The molecule has 0 spiro atoms. The molecule has 9 nitrogen and oxygen atoms in total. The smallest absolute Gasteiger partial charge is 0.413 e. The second kappa shape index (κ2) is 9.43. The molecule has 0 atom stereocenters. The largest absolute Gasteiger partial charge is 0.478 e. The van der Waals surface area contributed by atoms with Gasteiger partial charge in [0.05, 0.1) is 22.2 Å². The van der Waals surface area contributed by atoms with E-state index in [0.29, 0.717) is 22.5 Å². The summed E-state index contributed by atoms with van der Waals surface area (Å²) in [4.78, 5) is 37.1. The number of fused-ring (bicyclic) bond motifs is 2. The molecule has 3 aromatic heterocycles. The number of anilines is 1. The monoisotopic (exact) mass is 531 g/mol. The Morgan fingerprint density at radius 1 is 0.949 bits per heavy atom. The van der Waals surface area contributed by atoms with Gasteiger partial charge in [-0.1, -0.05) is 0 Å². The lowest BCUT2D eigenvalue weighted by Gasteiger charge is -2.19. The molecular weight excluding hydrogens is 508 g/mol. The SMILES string of the molecule is Cc1nc2c(C(=O)O)cc(-c3ccnc(NC(=O)OC(C)(C)C)c3)cc2n1-c1ccnc2c(F)ccc(F)c12. The van der Waals surface area contributed by atoms with E-state index < -0.39 is 29.3 Å². The van der Waals surface area contributed by atoms with Crippen molar-refractivity contribution in [3.05, 3.63) is 77.9 Å². The van der Waals surface area contributed by atoms with Gasteiger partial charge in [0.25, 0.3) is 0 Å². The van der Waals surface area contributed by atoms with E-state index in [9.17, 15) is 23.5 Å². The summed E-state index contributed by atoms with van der Waals surface area (Å²) < 4.78 is 36.3. The molecule has 11 heteroatoms. The van der Waals surface area contributed by atoms with Crippen LogP contribution in [0.25, 0.3) is 38.8 Å². The number of nitrogens with zero attached hydrogens (tertiary/aromatic N) is 4. The number of benzene rings is 2. The summed E-state index contributed by atoms with van der Waals surface area (Å²) in [6.45, 7) is 6.84. The number of carboxylic acid groups (broad SMARTS) is 1. The van der Waals surface area contributed by atoms with Gasteiger partial charge in [0.2, 0.25) is 0 Å². The summed E-state index contributed by atoms with van der Waals surface area (Å²) in [5, 5.41) is 12.5. The van der Waals surface area contributed by atoms with Gasteiger partial charge in [-0.05, 0) is 81.3 Å². The molecule has 3 heterocycles. The normalized spacial score (nSPS) is 11.6. The number of pyridine rings is 2. The van der Waals surface area contributed by atoms with Crippen molar-refractivity contribution in [2.45, 2.75) is 33.3 Å². The zero-order chi connectivity index (χ0) is 28.1. The fourth-order valence-electron chi connectivity index (χ4n) is 4.38. The number of aryl methyl sites for hydroxylation is 1. The highest BCUT2D eigenvalue weighted by molar-refractivity contribution is 6.04. The first-order chi connectivity index (χ1) is 18.4. The number of aromatic carboxylic acids is 1. The van der Waals surface area contributed by atoms with Crippen LogP contribution in [-0.2, 0) is 4.74 Å². The number of halogens is 2. The number of amides is 1. The summed E-state index contributed by atoms with van der Waals surface area (Å²) in [5.74, 6) is -2.03. The van der Waals surface area contributed by atoms with Crippen molar-refractivity contribution in [1.29, 1.82) is 0 Å². The van der Waals surface area contributed by atoms with E-state index in [4.69, 9.17) is 4.74 Å². The molecule has 0 radical (unpaired) electrons. The van der Waals surface area contributed by atoms with Crippen molar-refractivity contribution >= 4 is 39.8 Å². The number of rotatable bonds is 4. The zero-order valence-electron chi connectivity index (χ0n) is 21.4. The predicted octanol–water partition coefficient (Wildman–Crippen LogP) is 6.27. The summed E-state index contributed by atoms with van der Waals surface area (Å²) >= 11 is 0. The lowest BCUT2D eigenvalue weighted by atomic mass is 10.0. The maximum absolute atomic E-state index is 15.0. The molecular formula is C28H23F2N5O4. The van der Waals surface area contributed by atoms with Gasteiger partial charge in [0.15, 0.2) is 0 Å². The lowest BCUT2D eigenvalue weighted by Crippen LogP contribution is -2.27. The Bertz CT molecular complexity index is 1790. The highest BCUT2D eigenvalue weighted by Crippen LogP contribution is 2.34. The average Bonchev–Trinajstić information content (AvgIpc) is 3.19. The second-order valence-corrected chi connectivity index (χ2v) is 9.83. The van der Waals surface area contributed by atoms with Gasteiger partial charge in [-0.3, -0.25) is 14.9 Å². The molecule has 0 saturated carbocycles. The maximum Gasteiger partial charge on any atom is 0.413 e. The molecule has 0 aliphatic rings. The molecule has 2 N–H and O–H groups in total. The molecule has 0 aliphatic heterocycles. The van der Waals surface area contributed by atoms with Gasteiger partial charge in [-0.15, -0.1) is 0 Å². The van der Waals surface area contributed by atoms with Gasteiger partial charge < -0.3 is 9.84 Å². The van der Waals surface area contributed by atoms with E-state index in [2.05, 4.69) is 20.3 Å². The minimum atomic E-state index is -1.22. The molecule has 2 aromatic carbocycles. The van der Waals surface area contributed by atoms with E-state index in [-0.39, 0.29) is 33.5 Å². The third kappa shape index (κ3) is 4.86. The Hall–Kier alpha value is -4.93. The minimum absolute atomic E-state index is 0.0602. The molecule has 1 amide bonds. The number of carbonyl (C=O) groups excluding carboxylic acids is 1. The quantitative estimate of drug-likeness (QED) is 0.281. The van der Waals surface area contributed by atoms with Crippen LogP contribution in [0.1, 0.15) is 37.0 Å². The highest BCUT2D eigenvalue weighted by Gasteiger charge is 2.22. The van der Waals surface area contributed by atoms with Gasteiger partial charge in [-0.2, -0.15) is 0 Å². The van der Waals surface area contributed by atoms with E-state index >= 15 is 0 Å². The Kier molecular flexibility index (Phi) is 6.21. The fourth-order valence-corrected chi connectivity index (χ4v) is 4.38. The van der Waals surface area contributed by atoms with Gasteiger partial charge in [-0.25, -0.2) is 28.3 Å². The second-order valence-electron chi connectivity index (χ2n) is 9.83. The Balaban J connectivity index is 1.70. The van der Waals surface area contributed by atoms with Gasteiger partial charge in [0, 0.05) is 12.4 Å². The Labute approximate surface area is 221 Å². The standard InChI is InChI=1S/C28H23F2N5O4/c1-14-33-24-17(26(36)37)11-16(15-7-9-31-22(13-15)34-27(38)39-28(2,3)4)12-21(24)35(14)20-8-10-32-25-19(30)6-5-18(29)23(20)25/h5-13H,1-4H3,(H,36,37)(H,31,34,38). The van der Waals surface area contributed by atoms with Crippen LogP contribution in [0.3, 0.4) is 0 Å². The van der Waals surface area contributed by atoms with E-state index in [0.717, 1.165) is 12.1 Å². The van der Waals surface area contributed by atoms with Crippen LogP contribution in [-0.4, -0.2) is 42.3 Å². The first-order valence-electron chi connectivity index (χ1n) is 11.9. The van der Waals surface area contributed by atoms with Crippen molar-refractivity contribution in [2.75, 3.05) is 5.32 Å². The van der Waals surface area contributed by atoms with E-state index in [1.165, 1.54) is 24.5 Å². The summed E-state index contributed by atoms with van der Waals surface area (Å²) in [5.41, 5.74) is 0.849. The van der Waals surface area contributed by atoms with Crippen LogP contribution in [0.2, 0.25) is 0 Å². The number of imidazole rings is 1. The predicted molar refractivity (Wildman–Crippen MR) is 141 cm³/mol. The van der Waals surface area contributed by atoms with Crippen LogP contribution in [0, 0.1) is 18.6 Å². The van der Waals surface area contributed by atoms with Crippen molar-refractivity contribution in [1.82, 2.24) is 19.5 Å². The summed E-state index contributed by atoms with van der Waals surface area (Å²) in [6, 6.07) is 9.90. The van der Waals surface area contributed by atoms with Gasteiger partial charge in [0.1, 0.15) is 39.9 Å². The Morgan fingerprint density at radius 3 is 2.38 bits per heavy atom. The number of nitrogens with one attached hydrogen (secondary N) is 1. The van der Waals surface area contributed by atoms with Crippen LogP contribution >= 0.6 is 0 Å². The number of ether oxygens (including phenoxy) is 1. The molecule has 0 bridgehead atoms. The first kappa shape index (κ1) is 25.7. The van der Waals surface area contributed by atoms with Crippen molar-refractivity contribution < 1.29 is 28.2 Å². The molecule has 0 saturated heterocycles. The minimum Gasteiger partial charge on any atom is -0.478 e. The lowest BCUT2D eigenvalue weighted by molar-refractivity contribution is 0.0633. The number of hydrogen-bond acceptors (Lipinski definition) is 6. The number of carboxylic acids is 1. The molecule has 0 aliphatic carbocycles. The molecule has 39 heavy (non-hydrogen) atoms. The van der Waals surface area contributed by atoms with Crippen LogP contribution in [0.4, 0.5) is 19.4 Å². The Morgan fingerprint density at radius 2 is 1.67 bits per heavy atom. The number of aromatic nitrogens is 4. The number of hydrogen-bond donors (Lipinski definition) is 2. The molecule has 0 fully saturated rings. The van der Waals surface area contributed by atoms with E-state index in [1.54, 1.807) is 50.5 Å². The third-order valence-corrected chi connectivity index (χ3v) is 5.89. The van der Waals surface area contributed by atoms with Crippen LogP contribution in [0.15, 0.2) is 54.9 Å². The van der Waals surface area contributed by atoms with Crippen LogP contribution < -0.4 is 5.32 Å². The maximum atomic E-state index is 15.0. The summed E-state index contributed by atoms with van der Waals surface area (Å²) in [6.07, 6.45) is 2.12. The first-order valence-corrected chi connectivity index (χ1v) is 11.9. The molecule has 0 unspecified atom stereocenters. The average molecular weight is 532 g/mol. The van der Waals surface area contributed by atoms with Gasteiger partial charge >= 0.3 is 12.1 Å². The molecule has 198 valence electrons. The zero-order valence-corrected chi connectivity index (χ0v) is 21.4. The number of carbonyl (C=O) groups is 2. The highest BCUT2D eigenvalue weighted by atomic mass is 19.1. The summed E-state index contributed by atoms with van der Waals surface area (Å²) in [7, 11) is 0. The fraction of sp³-hybridized carbons (Fsp3) is 0.179. The molecule has 5 rings (SSSR count). The topological polar surface area (TPSA) is 119 Å².